The van der Waals surface area contributed by atoms with Crippen molar-refractivity contribution in [2.75, 3.05) is 0 Å². The minimum absolute atomic E-state index is 0.224. The number of carbonyl (C=O) groups is 1. The van der Waals surface area contributed by atoms with Crippen LogP contribution in [0.5, 0.6) is 0 Å². The molecule has 2 aliphatic rings. The number of aliphatic hydroxyl groups excluding tert-OH is 1. The number of rotatable bonds is 10. The molecule has 0 spiro atoms. The minimum atomic E-state index is -0.736. The van der Waals surface area contributed by atoms with Gasteiger partial charge in [0.15, 0.2) is 0 Å². The Labute approximate surface area is 160 Å². The first-order chi connectivity index (χ1) is 13.1. The van der Waals surface area contributed by atoms with Crippen molar-refractivity contribution in [2.24, 2.45) is 11.8 Å². The third-order valence-corrected chi connectivity index (χ3v) is 5.55. The van der Waals surface area contributed by atoms with E-state index in [-0.39, 0.29) is 12.5 Å². The Bertz CT molecular complexity index is 658. The zero-order valence-corrected chi connectivity index (χ0v) is 15.6. The average molecular weight is 371 g/mol. The van der Waals surface area contributed by atoms with Gasteiger partial charge in [0.25, 0.3) is 0 Å². The number of hydrogen-bond donors (Lipinski definition) is 2. The van der Waals surface area contributed by atoms with Gasteiger partial charge in [0, 0.05) is 31.2 Å². The molecule has 146 valence electrons. The summed E-state index contributed by atoms with van der Waals surface area (Å²) in [6, 6.07) is 3.86. The fourth-order valence-electron chi connectivity index (χ4n) is 4.21. The van der Waals surface area contributed by atoms with E-state index in [1.54, 1.807) is 12.4 Å². The Hall–Kier alpha value is -1.98. The van der Waals surface area contributed by atoms with Gasteiger partial charge in [0.2, 0.25) is 0 Å². The van der Waals surface area contributed by atoms with Crippen LogP contribution in [0, 0.1) is 11.8 Å². The Morgan fingerprint density at radius 3 is 2.96 bits per heavy atom. The Kier molecular flexibility index (Phi) is 7.18. The highest BCUT2D eigenvalue weighted by Gasteiger charge is 2.46. The first-order valence-corrected chi connectivity index (χ1v) is 9.91. The number of aliphatic carboxylic acids is 1. The van der Waals surface area contributed by atoms with Crippen molar-refractivity contribution in [2.45, 2.75) is 63.3 Å². The molecule has 1 aromatic heterocycles. The number of nitrogens with zero attached hydrogens (tertiary/aromatic N) is 1. The first kappa shape index (κ1) is 19.8. The van der Waals surface area contributed by atoms with E-state index in [1.165, 1.54) is 0 Å². The van der Waals surface area contributed by atoms with Crippen LogP contribution in [-0.4, -0.2) is 39.5 Å². The van der Waals surface area contributed by atoms with Crippen LogP contribution in [-0.2, 0) is 16.0 Å². The molecule has 5 nitrogen and oxygen atoms in total. The summed E-state index contributed by atoms with van der Waals surface area (Å²) >= 11 is 0. The van der Waals surface area contributed by atoms with Crippen LogP contribution in [0.3, 0.4) is 0 Å². The standard InChI is InChI=1S/C22H29NO4/c24-17(14-16-6-5-13-23-15-16)9-10-19-18(20-11-12-21(19)27-20)7-3-1-2-4-8-22(25)26/h1,3,5-6,9-10,13,15,17-21,24H,2,4,7-8,11-12,14H2,(H,25,26)/t17?,18-,19-,20+,21-/m0/s1. The molecule has 2 N–H and O–H groups in total. The van der Waals surface area contributed by atoms with Gasteiger partial charge in [-0.25, -0.2) is 0 Å². The van der Waals surface area contributed by atoms with Crippen LogP contribution in [0.2, 0.25) is 0 Å². The lowest BCUT2D eigenvalue weighted by Gasteiger charge is -2.25. The normalized spacial score (nSPS) is 28.3. The summed E-state index contributed by atoms with van der Waals surface area (Å²) < 4.78 is 6.10. The van der Waals surface area contributed by atoms with Crippen LogP contribution in [0.25, 0.3) is 0 Å². The van der Waals surface area contributed by atoms with E-state index in [1.807, 2.05) is 18.2 Å². The molecule has 2 aliphatic heterocycles. The monoisotopic (exact) mass is 371 g/mol. The van der Waals surface area contributed by atoms with Crippen molar-refractivity contribution in [3.05, 3.63) is 54.4 Å². The molecule has 27 heavy (non-hydrogen) atoms. The van der Waals surface area contributed by atoms with E-state index >= 15 is 0 Å². The second kappa shape index (κ2) is 9.81. The van der Waals surface area contributed by atoms with Crippen LogP contribution in [0.1, 0.15) is 44.1 Å². The van der Waals surface area contributed by atoms with Gasteiger partial charge in [-0.3, -0.25) is 9.78 Å². The molecule has 0 amide bonds. The maximum Gasteiger partial charge on any atom is 0.303 e. The van der Waals surface area contributed by atoms with E-state index in [4.69, 9.17) is 9.84 Å². The topological polar surface area (TPSA) is 79.7 Å². The number of allylic oxidation sites excluding steroid dienone is 2. The average Bonchev–Trinajstić information content (AvgIpc) is 3.25. The number of carboxylic acids is 1. The van der Waals surface area contributed by atoms with E-state index in [0.717, 1.165) is 31.2 Å². The van der Waals surface area contributed by atoms with Crippen LogP contribution in [0.4, 0.5) is 0 Å². The molecule has 3 rings (SSSR count). The number of pyridine rings is 1. The van der Waals surface area contributed by atoms with E-state index in [0.29, 0.717) is 30.8 Å². The second-order valence-corrected chi connectivity index (χ2v) is 7.54. The fourth-order valence-corrected chi connectivity index (χ4v) is 4.21. The van der Waals surface area contributed by atoms with E-state index in [9.17, 15) is 9.90 Å². The number of hydrogen-bond acceptors (Lipinski definition) is 4. The molecule has 0 aromatic carbocycles. The van der Waals surface area contributed by atoms with E-state index < -0.39 is 12.1 Å². The Morgan fingerprint density at radius 2 is 2.19 bits per heavy atom. The van der Waals surface area contributed by atoms with Gasteiger partial charge in [-0.2, -0.15) is 0 Å². The summed E-state index contributed by atoms with van der Waals surface area (Å²) in [5.41, 5.74) is 1.03. The number of fused-ring (bicyclic) bond motifs is 2. The molecule has 5 atom stereocenters. The molecular formula is C22H29NO4. The van der Waals surface area contributed by atoms with Gasteiger partial charge in [-0.15, -0.1) is 0 Å². The number of aromatic nitrogens is 1. The fraction of sp³-hybridized carbons (Fsp3) is 0.545. The molecular weight excluding hydrogens is 342 g/mol. The lowest BCUT2D eigenvalue weighted by atomic mass is 9.77. The molecule has 0 radical (unpaired) electrons. The van der Waals surface area contributed by atoms with Crippen molar-refractivity contribution < 1.29 is 19.7 Å². The van der Waals surface area contributed by atoms with Gasteiger partial charge < -0.3 is 14.9 Å². The van der Waals surface area contributed by atoms with E-state index in [2.05, 4.69) is 23.2 Å². The van der Waals surface area contributed by atoms with Crippen molar-refractivity contribution in [3.8, 4) is 0 Å². The number of ether oxygens (including phenoxy) is 1. The molecule has 1 unspecified atom stereocenters. The highest BCUT2D eigenvalue weighted by atomic mass is 16.5. The van der Waals surface area contributed by atoms with Gasteiger partial charge in [0.1, 0.15) is 0 Å². The Balaban J connectivity index is 1.50. The van der Waals surface area contributed by atoms with Gasteiger partial charge in [-0.1, -0.05) is 30.4 Å². The lowest BCUT2D eigenvalue weighted by Crippen LogP contribution is -2.25. The smallest absolute Gasteiger partial charge is 0.303 e. The van der Waals surface area contributed by atoms with Crippen LogP contribution >= 0.6 is 0 Å². The first-order valence-electron chi connectivity index (χ1n) is 9.91. The van der Waals surface area contributed by atoms with Gasteiger partial charge in [-0.05, 0) is 49.7 Å². The molecule has 2 saturated heterocycles. The second-order valence-electron chi connectivity index (χ2n) is 7.54. The summed E-state index contributed by atoms with van der Waals surface area (Å²) in [6.07, 6.45) is 17.3. The highest BCUT2D eigenvalue weighted by Crippen LogP contribution is 2.45. The predicted octanol–water partition coefficient (Wildman–Crippen LogP) is 3.54. The van der Waals surface area contributed by atoms with Crippen molar-refractivity contribution in [3.63, 3.8) is 0 Å². The largest absolute Gasteiger partial charge is 0.481 e. The van der Waals surface area contributed by atoms with Crippen molar-refractivity contribution in [1.82, 2.24) is 4.98 Å². The molecule has 0 saturated carbocycles. The maximum atomic E-state index is 10.5. The molecule has 2 fully saturated rings. The minimum Gasteiger partial charge on any atom is -0.481 e. The number of carboxylic acid groups (broad SMARTS) is 1. The SMILES string of the molecule is O=C(O)CCCC=CC[C@H]1[C@H](C=CC(O)Cc2cccnc2)[C@@H]2CC[C@H]1O2. The summed E-state index contributed by atoms with van der Waals surface area (Å²) in [4.78, 5) is 14.6. The summed E-state index contributed by atoms with van der Waals surface area (Å²) in [7, 11) is 0. The third kappa shape index (κ3) is 5.75. The zero-order chi connectivity index (χ0) is 19.1. The predicted molar refractivity (Wildman–Crippen MR) is 103 cm³/mol. The molecule has 5 heteroatoms. The molecule has 0 aliphatic carbocycles. The quantitative estimate of drug-likeness (QED) is 0.486. The van der Waals surface area contributed by atoms with Gasteiger partial charge >= 0.3 is 5.97 Å². The summed E-state index contributed by atoms with van der Waals surface area (Å²) in [6.45, 7) is 0. The van der Waals surface area contributed by atoms with Crippen molar-refractivity contribution >= 4 is 5.97 Å². The number of aliphatic hydroxyl groups is 1. The molecule has 2 bridgehead atoms. The lowest BCUT2D eigenvalue weighted by molar-refractivity contribution is -0.137. The molecule has 3 heterocycles. The van der Waals surface area contributed by atoms with Crippen LogP contribution < -0.4 is 0 Å². The van der Waals surface area contributed by atoms with Gasteiger partial charge in [0.05, 0.1) is 18.3 Å². The maximum absolute atomic E-state index is 10.5. The summed E-state index contributed by atoms with van der Waals surface area (Å²) in [5.74, 6) is 0.0530. The number of unbranched alkanes of at least 4 members (excludes halogenated alkanes) is 1. The Morgan fingerprint density at radius 1 is 1.33 bits per heavy atom. The van der Waals surface area contributed by atoms with Crippen LogP contribution in [0.15, 0.2) is 48.8 Å². The molecule has 1 aromatic rings. The summed E-state index contributed by atoms with van der Waals surface area (Å²) in [5, 5.41) is 19.0. The van der Waals surface area contributed by atoms with Crippen molar-refractivity contribution in [1.29, 1.82) is 0 Å². The highest BCUT2D eigenvalue weighted by molar-refractivity contribution is 5.66. The zero-order valence-electron chi connectivity index (χ0n) is 15.6. The third-order valence-electron chi connectivity index (χ3n) is 5.55.